The van der Waals surface area contributed by atoms with E-state index in [0.29, 0.717) is 12.1 Å². The molecule has 1 aromatic carbocycles. The van der Waals surface area contributed by atoms with Crippen molar-refractivity contribution in [1.82, 2.24) is 5.43 Å². The highest BCUT2D eigenvalue weighted by atomic mass is 16.5. The lowest BCUT2D eigenvalue weighted by atomic mass is 9.99. The fourth-order valence-electron chi connectivity index (χ4n) is 2.93. The lowest BCUT2D eigenvalue weighted by Gasteiger charge is -2.18. The Hall–Kier alpha value is -2.70. The molecule has 1 saturated heterocycles. The monoisotopic (exact) mass is 315 g/mol. The van der Waals surface area contributed by atoms with Crippen LogP contribution in [0.2, 0.25) is 0 Å². The maximum absolute atomic E-state index is 12.8. The van der Waals surface area contributed by atoms with Crippen molar-refractivity contribution in [2.24, 2.45) is 11.0 Å². The van der Waals surface area contributed by atoms with Crippen molar-refractivity contribution in [2.75, 3.05) is 11.5 Å². The van der Waals surface area contributed by atoms with Crippen molar-refractivity contribution < 1.29 is 19.1 Å². The molecule has 1 N–H and O–H groups in total. The molecule has 3 rings (SSSR count). The summed E-state index contributed by atoms with van der Waals surface area (Å²) in [4.78, 5) is 38.5. The quantitative estimate of drug-likeness (QED) is 0.650. The molecule has 2 aliphatic heterocycles. The maximum Gasteiger partial charge on any atom is 0.355 e. The number of rotatable bonds is 4. The molecule has 2 unspecified atom stereocenters. The van der Waals surface area contributed by atoms with Crippen LogP contribution < -0.4 is 10.3 Å². The van der Waals surface area contributed by atoms with Crippen LogP contribution in [0.15, 0.2) is 29.4 Å². The van der Waals surface area contributed by atoms with Crippen LogP contribution in [0.25, 0.3) is 0 Å². The molecule has 2 atom stereocenters. The number of ether oxygens (including phenoxy) is 1. The first kappa shape index (κ1) is 15.2. The van der Waals surface area contributed by atoms with Gasteiger partial charge in [0.1, 0.15) is 12.0 Å². The number of carbonyl (C=O) groups excluding carboxylic acids is 3. The minimum Gasteiger partial charge on any atom is -0.461 e. The summed E-state index contributed by atoms with van der Waals surface area (Å²) < 4.78 is 4.91. The number of benzene rings is 1. The third-order valence-electron chi connectivity index (χ3n) is 4.02. The molecule has 0 aliphatic carbocycles. The van der Waals surface area contributed by atoms with E-state index in [0.717, 1.165) is 10.5 Å². The number of nitrogens with zero attached hydrogens (tertiary/aromatic N) is 2. The van der Waals surface area contributed by atoms with Gasteiger partial charge in [0.15, 0.2) is 5.71 Å². The Morgan fingerprint density at radius 2 is 2.00 bits per heavy atom. The van der Waals surface area contributed by atoms with E-state index < -0.39 is 29.7 Å². The fraction of sp³-hybridized carbons (Fsp3) is 0.375. The summed E-state index contributed by atoms with van der Waals surface area (Å²) in [6.07, 6.45) is 0.689. The van der Waals surface area contributed by atoms with E-state index >= 15 is 0 Å². The predicted octanol–water partition coefficient (Wildman–Crippen LogP) is 0.629. The number of anilines is 1. The average Bonchev–Trinajstić information content (AvgIpc) is 3.09. The van der Waals surface area contributed by atoms with Gasteiger partial charge in [-0.2, -0.15) is 5.10 Å². The SMILES string of the molecule is CCOC(=O)C1=NNC2C(=O)N(c3ccccc3CC)C(=O)C12. The van der Waals surface area contributed by atoms with Gasteiger partial charge in [-0.15, -0.1) is 0 Å². The molecule has 7 heteroatoms. The third-order valence-corrected chi connectivity index (χ3v) is 4.02. The zero-order valence-corrected chi connectivity index (χ0v) is 12.9. The Bertz CT molecular complexity index is 713. The molecular formula is C16H17N3O4. The molecule has 0 bridgehead atoms. The highest BCUT2D eigenvalue weighted by Crippen LogP contribution is 2.32. The lowest BCUT2D eigenvalue weighted by Crippen LogP contribution is -2.36. The first-order valence-corrected chi connectivity index (χ1v) is 7.56. The minimum absolute atomic E-state index is 0.0355. The van der Waals surface area contributed by atoms with Gasteiger partial charge in [0.2, 0.25) is 5.91 Å². The Morgan fingerprint density at radius 1 is 1.26 bits per heavy atom. The van der Waals surface area contributed by atoms with E-state index in [1.807, 2.05) is 19.1 Å². The molecule has 1 aromatic rings. The van der Waals surface area contributed by atoms with Gasteiger partial charge >= 0.3 is 5.97 Å². The Labute approximate surface area is 133 Å². The normalized spacial score (nSPS) is 22.7. The molecule has 2 heterocycles. The molecule has 0 spiro atoms. The van der Waals surface area contributed by atoms with Crippen LogP contribution in [0.1, 0.15) is 19.4 Å². The summed E-state index contributed by atoms with van der Waals surface area (Å²) in [5, 5.41) is 3.83. The number of imide groups is 1. The summed E-state index contributed by atoms with van der Waals surface area (Å²) in [5.41, 5.74) is 4.02. The van der Waals surface area contributed by atoms with Crippen LogP contribution in [0, 0.1) is 5.92 Å². The van der Waals surface area contributed by atoms with E-state index in [1.165, 1.54) is 0 Å². The first-order chi connectivity index (χ1) is 11.1. The third kappa shape index (κ3) is 2.28. The number of para-hydroxylation sites is 1. The number of esters is 1. The number of aryl methyl sites for hydroxylation is 1. The summed E-state index contributed by atoms with van der Waals surface area (Å²) in [7, 11) is 0. The molecule has 0 saturated carbocycles. The molecule has 23 heavy (non-hydrogen) atoms. The highest BCUT2D eigenvalue weighted by molar-refractivity contribution is 6.46. The second-order valence-corrected chi connectivity index (χ2v) is 5.30. The van der Waals surface area contributed by atoms with Crippen LogP contribution in [0.4, 0.5) is 5.69 Å². The van der Waals surface area contributed by atoms with E-state index in [4.69, 9.17) is 4.74 Å². The van der Waals surface area contributed by atoms with Crippen LogP contribution >= 0.6 is 0 Å². The molecule has 1 fully saturated rings. The number of hydrogen-bond donors (Lipinski definition) is 1. The molecule has 2 amide bonds. The van der Waals surface area contributed by atoms with Crippen LogP contribution in [-0.2, 0) is 25.5 Å². The minimum atomic E-state index is -0.925. The van der Waals surface area contributed by atoms with Gasteiger partial charge in [0.05, 0.1) is 12.3 Å². The van der Waals surface area contributed by atoms with Gasteiger partial charge in [0, 0.05) is 0 Å². The maximum atomic E-state index is 12.8. The van der Waals surface area contributed by atoms with Crippen LogP contribution in [-0.4, -0.2) is 36.1 Å². The first-order valence-electron chi connectivity index (χ1n) is 7.56. The van der Waals surface area contributed by atoms with Crippen molar-refractivity contribution >= 4 is 29.2 Å². The van der Waals surface area contributed by atoms with Crippen LogP contribution in [0.5, 0.6) is 0 Å². The molecule has 2 aliphatic rings. The van der Waals surface area contributed by atoms with Gasteiger partial charge in [-0.1, -0.05) is 25.1 Å². The molecule has 120 valence electrons. The Kier molecular flexibility index (Phi) is 3.85. The molecule has 0 aromatic heterocycles. The molecule has 0 radical (unpaired) electrons. The van der Waals surface area contributed by atoms with Crippen molar-refractivity contribution in [3.05, 3.63) is 29.8 Å². The van der Waals surface area contributed by atoms with Crippen molar-refractivity contribution in [3.8, 4) is 0 Å². The second-order valence-electron chi connectivity index (χ2n) is 5.30. The number of amides is 2. The summed E-state index contributed by atoms with van der Waals surface area (Å²) in [5.74, 6) is -2.44. The van der Waals surface area contributed by atoms with Gasteiger partial charge in [-0.25, -0.2) is 9.69 Å². The van der Waals surface area contributed by atoms with Crippen molar-refractivity contribution in [2.45, 2.75) is 26.3 Å². The largest absolute Gasteiger partial charge is 0.461 e. The molecule has 7 nitrogen and oxygen atoms in total. The lowest BCUT2D eigenvalue weighted by molar-refractivity contribution is -0.136. The number of nitrogens with one attached hydrogen (secondary N) is 1. The van der Waals surface area contributed by atoms with E-state index in [-0.39, 0.29) is 12.3 Å². The van der Waals surface area contributed by atoms with E-state index in [1.54, 1.807) is 19.1 Å². The fourth-order valence-corrected chi connectivity index (χ4v) is 2.93. The van der Waals surface area contributed by atoms with Crippen molar-refractivity contribution in [1.29, 1.82) is 0 Å². The highest BCUT2D eigenvalue weighted by Gasteiger charge is 2.56. The number of hydrazone groups is 1. The number of fused-ring (bicyclic) bond motifs is 1. The van der Waals surface area contributed by atoms with Crippen LogP contribution in [0.3, 0.4) is 0 Å². The van der Waals surface area contributed by atoms with Crippen molar-refractivity contribution in [3.63, 3.8) is 0 Å². The van der Waals surface area contributed by atoms with Gasteiger partial charge in [0.25, 0.3) is 5.91 Å². The van der Waals surface area contributed by atoms with Gasteiger partial charge in [-0.05, 0) is 25.0 Å². The molecular weight excluding hydrogens is 298 g/mol. The Balaban J connectivity index is 1.96. The predicted molar refractivity (Wildman–Crippen MR) is 82.8 cm³/mol. The summed E-state index contributed by atoms with van der Waals surface area (Å²) in [6, 6.07) is 6.40. The smallest absolute Gasteiger partial charge is 0.355 e. The van der Waals surface area contributed by atoms with E-state index in [2.05, 4.69) is 10.5 Å². The zero-order valence-electron chi connectivity index (χ0n) is 12.9. The number of hydrogen-bond acceptors (Lipinski definition) is 6. The van der Waals surface area contributed by atoms with Gasteiger partial charge < -0.3 is 4.74 Å². The second kappa shape index (κ2) is 5.83. The Morgan fingerprint density at radius 3 is 2.70 bits per heavy atom. The standard InChI is InChI=1S/C16H17N3O4/c1-3-9-7-5-6-8-10(9)19-14(20)11-12(15(19)21)17-18-13(11)16(22)23-4-2/h5-8,11-12,17H,3-4H2,1-2H3. The van der Waals surface area contributed by atoms with E-state index in [9.17, 15) is 14.4 Å². The average molecular weight is 315 g/mol. The topological polar surface area (TPSA) is 88.1 Å². The van der Waals surface area contributed by atoms with Gasteiger partial charge in [-0.3, -0.25) is 15.0 Å². The zero-order chi connectivity index (χ0) is 16.6. The number of carbonyl (C=O) groups is 3. The summed E-state index contributed by atoms with van der Waals surface area (Å²) >= 11 is 0. The summed E-state index contributed by atoms with van der Waals surface area (Å²) in [6.45, 7) is 3.80.